The third-order valence-electron chi connectivity index (χ3n) is 7.80. The molecule has 38 heavy (non-hydrogen) atoms. The SMILES string of the molecule is C1=CCC2C(=C1)N(c1ccc(-c3ccc(-n4c5ccccc5c5ccccc54)cn3)nc1)c1ccccc12. The van der Waals surface area contributed by atoms with E-state index in [2.05, 4.69) is 125 Å². The van der Waals surface area contributed by atoms with E-state index in [0.717, 1.165) is 29.2 Å². The average Bonchev–Trinajstić information content (AvgIpc) is 3.51. The Balaban J connectivity index is 1.15. The number of aromatic nitrogens is 3. The van der Waals surface area contributed by atoms with Crippen LogP contribution in [0.25, 0.3) is 38.9 Å². The zero-order valence-corrected chi connectivity index (χ0v) is 20.7. The predicted octanol–water partition coefficient (Wildman–Crippen LogP) is 8.32. The topological polar surface area (TPSA) is 34.0 Å². The second kappa shape index (κ2) is 8.29. The highest BCUT2D eigenvalue weighted by atomic mass is 15.2. The summed E-state index contributed by atoms with van der Waals surface area (Å²) in [7, 11) is 0. The highest BCUT2D eigenvalue weighted by Crippen LogP contribution is 2.50. The van der Waals surface area contributed by atoms with Gasteiger partial charge < -0.3 is 9.47 Å². The van der Waals surface area contributed by atoms with Crippen molar-refractivity contribution in [2.45, 2.75) is 12.3 Å². The van der Waals surface area contributed by atoms with Gasteiger partial charge in [-0.15, -0.1) is 0 Å². The summed E-state index contributed by atoms with van der Waals surface area (Å²) in [4.78, 5) is 12.0. The van der Waals surface area contributed by atoms with E-state index in [1.807, 2.05) is 12.4 Å². The van der Waals surface area contributed by atoms with Gasteiger partial charge in [-0.2, -0.15) is 0 Å². The summed E-state index contributed by atoms with van der Waals surface area (Å²) in [6.07, 6.45) is 11.6. The molecule has 3 aromatic heterocycles. The van der Waals surface area contributed by atoms with E-state index in [1.165, 1.54) is 38.8 Å². The van der Waals surface area contributed by atoms with Gasteiger partial charge in [-0.05, 0) is 60.5 Å². The molecule has 180 valence electrons. The number of allylic oxidation sites excluding steroid dienone is 4. The van der Waals surface area contributed by atoms with Crippen LogP contribution in [0.5, 0.6) is 0 Å². The fourth-order valence-corrected chi connectivity index (χ4v) is 6.09. The van der Waals surface area contributed by atoms with Crippen LogP contribution >= 0.6 is 0 Å². The van der Waals surface area contributed by atoms with Crippen LogP contribution in [0.1, 0.15) is 17.9 Å². The largest absolute Gasteiger partial charge is 0.312 e. The monoisotopic (exact) mass is 488 g/mol. The molecule has 1 unspecified atom stereocenters. The van der Waals surface area contributed by atoms with E-state index in [0.29, 0.717) is 5.92 Å². The van der Waals surface area contributed by atoms with Crippen molar-refractivity contribution in [1.82, 2.24) is 14.5 Å². The van der Waals surface area contributed by atoms with Crippen molar-refractivity contribution in [2.75, 3.05) is 4.90 Å². The van der Waals surface area contributed by atoms with Crippen LogP contribution in [-0.4, -0.2) is 14.5 Å². The number of hydrogen-bond donors (Lipinski definition) is 0. The van der Waals surface area contributed by atoms with Gasteiger partial charge in [-0.25, -0.2) is 0 Å². The van der Waals surface area contributed by atoms with Crippen molar-refractivity contribution < 1.29 is 0 Å². The Morgan fingerprint density at radius 2 is 1.26 bits per heavy atom. The lowest BCUT2D eigenvalue weighted by molar-refractivity contribution is 0.819. The van der Waals surface area contributed by atoms with E-state index in [1.54, 1.807) is 0 Å². The molecule has 0 N–H and O–H groups in total. The van der Waals surface area contributed by atoms with Crippen molar-refractivity contribution in [3.63, 3.8) is 0 Å². The minimum absolute atomic E-state index is 0.408. The molecule has 0 spiro atoms. The summed E-state index contributed by atoms with van der Waals surface area (Å²) < 4.78 is 2.28. The summed E-state index contributed by atoms with van der Waals surface area (Å²) in [6, 6.07) is 34.2. The first-order valence-corrected chi connectivity index (χ1v) is 13.0. The first-order chi connectivity index (χ1) is 18.9. The molecule has 4 nitrogen and oxygen atoms in total. The van der Waals surface area contributed by atoms with Gasteiger partial charge in [0.15, 0.2) is 0 Å². The minimum atomic E-state index is 0.408. The van der Waals surface area contributed by atoms with Crippen molar-refractivity contribution in [2.24, 2.45) is 0 Å². The zero-order valence-electron chi connectivity index (χ0n) is 20.7. The minimum Gasteiger partial charge on any atom is -0.312 e. The van der Waals surface area contributed by atoms with E-state index < -0.39 is 0 Å². The maximum atomic E-state index is 4.84. The van der Waals surface area contributed by atoms with E-state index in [9.17, 15) is 0 Å². The molecule has 0 saturated heterocycles. The summed E-state index contributed by atoms with van der Waals surface area (Å²) >= 11 is 0. The molecule has 4 heteroatoms. The highest BCUT2D eigenvalue weighted by molar-refractivity contribution is 6.09. The Labute approximate surface area is 220 Å². The van der Waals surface area contributed by atoms with Crippen molar-refractivity contribution in [3.8, 4) is 17.1 Å². The molecule has 1 atom stereocenters. The van der Waals surface area contributed by atoms with Crippen LogP contribution in [-0.2, 0) is 0 Å². The fraction of sp³-hybridized carbons (Fsp3) is 0.0588. The van der Waals surface area contributed by atoms with Gasteiger partial charge in [-0.3, -0.25) is 9.97 Å². The third-order valence-corrected chi connectivity index (χ3v) is 7.80. The Bertz CT molecular complexity index is 1840. The molecule has 0 radical (unpaired) electrons. The quantitative estimate of drug-likeness (QED) is 0.251. The number of benzene rings is 3. The molecular weight excluding hydrogens is 464 g/mol. The number of para-hydroxylation sites is 3. The number of rotatable bonds is 3. The Morgan fingerprint density at radius 1 is 0.632 bits per heavy atom. The molecule has 0 bridgehead atoms. The number of hydrogen-bond acceptors (Lipinski definition) is 3. The van der Waals surface area contributed by atoms with Crippen molar-refractivity contribution >= 4 is 33.2 Å². The highest BCUT2D eigenvalue weighted by Gasteiger charge is 2.34. The van der Waals surface area contributed by atoms with Gasteiger partial charge >= 0.3 is 0 Å². The van der Waals surface area contributed by atoms with E-state index in [-0.39, 0.29) is 0 Å². The van der Waals surface area contributed by atoms with Gasteiger partial charge in [0.2, 0.25) is 0 Å². The third kappa shape index (κ3) is 3.10. The van der Waals surface area contributed by atoms with Gasteiger partial charge in [-0.1, -0.05) is 66.7 Å². The zero-order chi connectivity index (χ0) is 25.1. The lowest BCUT2D eigenvalue weighted by atomic mass is 9.92. The van der Waals surface area contributed by atoms with Crippen LogP contribution < -0.4 is 4.90 Å². The van der Waals surface area contributed by atoms with Gasteiger partial charge in [0.05, 0.1) is 46.2 Å². The van der Waals surface area contributed by atoms with Crippen LogP contribution in [0.2, 0.25) is 0 Å². The lowest BCUT2D eigenvalue weighted by Gasteiger charge is -2.24. The number of nitrogens with zero attached hydrogens (tertiary/aromatic N) is 4. The molecule has 4 heterocycles. The average molecular weight is 489 g/mol. The fourth-order valence-electron chi connectivity index (χ4n) is 6.09. The number of fused-ring (bicyclic) bond motifs is 6. The molecular formula is C34H24N4. The molecule has 2 aliphatic rings. The molecule has 1 aliphatic carbocycles. The summed E-state index contributed by atoms with van der Waals surface area (Å²) in [5.74, 6) is 0.408. The summed E-state index contributed by atoms with van der Waals surface area (Å²) in [6.45, 7) is 0. The second-order valence-corrected chi connectivity index (χ2v) is 9.88. The number of anilines is 2. The normalized spacial score (nSPS) is 16.1. The molecule has 0 saturated carbocycles. The molecule has 0 amide bonds. The maximum absolute atomic E-state index is 4.84. The standard InChI is InChI=1S/C34H24N4/c1-5-13-31-25(9-1)26-10-2-6-14-32(26)37(31)23-17-19-29(35-21-23)30-20-18-24(22-36-30)38-33-15-7-3-11-27(33)28-12-4-8-16-34(28)38/h1-11,13-22,28H,12H2. The lowest BCUT2D eigenvalue weighted by Crippen LogP contribution is -2.14. The van der Waals surface area contributed by atoms with Crippen molar-refractivity contribution in [1.29, 1.82) is 0 Å². The van der Waals surface area contributed by atoms with Crippen LogP contribution in [0.4, 0.5) is 11.4 Å². The van der Waals surface area contributed by atoms with E-state index >= 15 is 0 Å². The maximum Gasteiger partial charge on any atom is 0.0887 e. The van der Waals surface area contributed by atoms with Gasteiger partial charge in [0.1, 0.15) is 0 Å². The van der Waals surface area contributed by atoms with Gasteiger partial charge in [0.25, 0.3) is 0 Å². The molecule has 3 aromatic carbocycles. The second-order valence-electron chi connectivity index (χ2n) is 9.88. The summed E-state index contributed by atoms with van der Waals surface area (Å²) in [5.41, 5.74) is 10.2. The van der Waals surface area contributed by atoms with Gasteiger partial charge in [0, 0.05) is 28.1 Å². The van der Waals surface area contributed by atoms with Crippen LogP contribution in [0.15, 0.2) is 133 Å². The molecule has 6 aromatic rings. The Kier molecular flexibility index (Phi) is 4.61. The van der Waals surface area contributed by atoms with E-state index in [4.69, 9.17) is 9.97 Å². The molecule has 1 aliphatic heterocycles. The Morgan fingerprint density at radius 3 is 1.95 bits per heavy atom. The predicted molar refractivity (Wildman–Crippen MR) is 155 cm³/mol. The van der Waals surface area contributed by atoms with Crippen molar-refractivity contribution in [3.05, 3.63) is 139 Å². The first kappa shape index (κ1) is 21.2. The number of pyridine rings is 2. The smallest absolute Gasteiger partial charge is 0.0887 e. The molecule has 0 fully saturated rings. The molecule has 8 rings (SSSR count). The van der Waals surface area contributed by atoms with Crippen LogP contribution in [0.3, 0.4) is 0 Å². The summed E-state index contributed by atoms with van der Waals surface area (Å²) in [5, 5.41) is 2.50. The first-order valence-electron chi connectivity index (χ1n) is 13.0. The van der Waals surface area contributed by atoms with Crippen LogP contribution in [0, 0.1) is 0 Å². The Hall–Kier alpha value is -4.96.